The van der Waals surface area contributed by atoms with Crippen molar-refractivity contribution in [2.45, 2.75) is 13.0 Å². The van der Waals surface area contributed by atoms with E-state index in [0.717, 1.165) is 5.56 Å². The van der Waals surface area contributed by atoms with Crippen LogP contribution in [0.3, 0.4) is 0 Å². The Kier molecular flexibility index (Phi) is 5.08. The fraction of sp³-hybridized carbons (Fsp3) is 0.176. The molecule has 0 spiro atoms. The SMILES string of the molecule is CC(OCC(=O)Nc1cccc(C#N)c1)c1ccccc1. The molecule has 0 radical (unpaired) electrons. The van der Waals surface area contributed by atoms with E-state index in [2.05, 4.69) is 5.32 Å². The second-order valence-corrected chi connectivity index (χ2v) is 4.60. The van der Waals surface area contributed by atoms with Gasteiger partial charge >= 0.3 is 0 Å². The molecule has 4 heteroatoms. The molecule has 1 unspecified atom stereocenters. The molecule has 106 valence electrons. The summed E-state index contributed by atoms with van der Waals surface area (Å²) < 4.78 is 5.54. The number of hydrogen-bond acceptors (Lipinski definition) is 3. The van der Waals surface area contributed by atoms with Gasteiger partial charge in [0.15, 0.2) is 0 Å². The van der Waals surface area contributed by atoms with Crippen LogP contribution in [0.5, 0.6) is 0 Å². The molecule has 0 bridgehead atoms. The number of nitrogens with zero attached hydrogens (tertiary/aromatic N) is 1. The Labute approximate surface area is 124 Å². The third kappa shape index (κ3) is 4.44. The maximum absolute atomic E-state index is 11.8. The molecule has 21 heavy (non-hydrogen) atoms. The molecular formula is C17H16N2O2. The summed E-state index contributed by atoms with van der Waals surface area (Å²) in [7, 11) is 0. The second kappa shape index (κ2) is 7.22. The number of carbonyl (C=O) groups excluding carboxylic acids is 1. The summed E-state index contributed by atoms with van der Waals surface area (Å²) in [4.78, 5) is 11.8. The lowest BCUT2D eigenvalue weighted by molar-refractivity contribution is -0.122. The molecule has 0 saturated heterocycles. The molecule has 2 rings (SSSR count). The molecule has 0 aliphatic heterocycles. The minimum atomic E-state index is -0.243. The molecule has 2 aromatic rings. The van der Waals surface area contributed by atoms with Crippen molar-refractivity contribution < 1.29 is 9.53 Å². The number of carbonyl (C=O) groups is 1. The highest BCUT2D eigenvalue weighted by molar-refractivity contribution is 5.91. The maximum Gasteiger partial charge on any atom is 0.250 e. The molecular weight excluding hydrogens is 264 g/mol. The average Bonchev–Trinajstić information content (AvgIpc) is 2.53. The lowest BCUT2D eigenvalue weighted by atomic mass is 10.1. The zero-order valence-electron chi connectivity index (χ0n) is 11.7. The third-order valence-electron chi connectivity index (χ3n) is 3.01. The van der Waals surface area contributed by atoms with Crippen LogP contribution in [0.25, 0.3) is 0 Å². The Balaban J connectivity index is 1.86. The Hall–Kier alpha value is -2.64. The van der Waals surface area contributed by atoms with Crippen LogP contribution >= 0.6 is 0 Å². The van der Waals surface area contributed by atoms with Crippen LogP contribution in [-0.2, 0) is 9.53 Å². The van der Waals surface area contributed by atoms with Crippen LogP contribution in [0.15, 0.2) is 54.6 Å². The first-order valence-corrected chi connectivity index (χ1v) is 6.65. The van der Waals surface area contributed by atoms with Crippen molar-refractivity contribution in [2.24, 2.45) is 0 Å². The predicted molar refractivity (Wildman–Crippen MR) is 80.6 cm³/mol. The van der Waals surface area contributed by atoms with Crippen molar-refractivity contribution in [2.75, 3.05) is 11.9 Å². The summed E-state index contributed by atoms with van der Waals surface area (Å²) in [6, 6.07) is 18.5. The monoisotopic (exact) mass is 280 g/mol. The van der Waals surface area contributed by atoms with Crippen LogP contribution in [0.2, 0.25) is 0 Å². The molecule has 0 aliphatic rings. The van der Waals surface area contributed by atoms with Gasteiger partial charge < -0.3 is 10.1 Å². The van der Waals surface area contributed by atoms with Crippen LogP contribution < -0.4 is 5.32 Å². The highest BCUT2D eigenvalue weighted by atomic mass is 16.5. The number of nitriles is 1. The first kappa shape index (κ1) is 14.8. The number of benzene rings is 2. The van der Waals surface area contributed by atoms with Gasteiger partial charge in [0.1, 0.15) is 6.61 Å². The quantitative estimate of drug-likeness (QED) is 0.914. The number of ether oxygens (including phenoxy) is 1. The van der Waals surface area contributed by atoms with Crippen LogP contribution in [0.4, 0.5) is 5.69 Å². The molecule has 0 aliphatic carbocycles. The molecule has 0 saturated carbocycles. The van der Waals surface area contributed by atoms with Crippen molar-refractivity contribution in [1.82, 2.24) is 0 Å². The minimum absolute atomic E-state index is 0.0349. The summed E-state index contributed by atoms with van der Waals surface area (Å²) in [5, 5.41) is 11.5. The first-order chi connectivity index (χ1) is 10.2. The summed E-state index contributed by atoms with van der Waals surface area (Å²) in [5.74, 6) is -0.243. The van der Waals surface area contributed by atoms with Crippen molar-refractivity contribution in [1.29, 1.82) is 5.26 Å². The first-order valence-electron chi connectivity index (χ1n) is 6.65. The molecule has 1 atom stereocenters. The number of nitrogens with one attached hydrogen (secondary N) is 1. The molecule has 1 amide bonds. The van der Waals surface area contributed by atoms with Crippen molar-refractivity contribution in [3.8, 4) is 6.07 Å². The Morgan fingerprint density at radius 2 is 2.00 bits per heavy atom. The number of amides is 1. The van der Waals surface area contributed by atoms with Gasteiger partial charge in [0.25, 0.3) is 0 Å². The smallest absolute Gasteiger partial charge is 0.250 e. The van der Waals surface area contributed by atoms with Gasteiger partial charge in [0, 0.05) is 5.69 Å². The van der Waals surface area contributed by atoms with Gasteiger partial charge in [-0.1, -0.05) is 36.4 Å². The lowest BCUT2D eigenvalue weighted by Gasteiger charge is -2.13. The van der Waals surface area contributed by atoms with E-state index < -0.39 is 0 Å². The summed E-state index contributed by atoms with van der Waals surface area (Å²) in [5.41, 5.74) is 2.12. The van der Waals surface area contributed by atoms with Gasteiger partial charge in [-0.25, -0.2) is 0 Å². The molecule has 4 nitrogen and oxygen atoms in total. The van der Waals surface area contributed by atoms with E-state index in [-0.39, 0.29) is 18.6 Å². The van der Waals surface area contributed by atoms with E-state index >= 15 is 0 Å². The molecule has 1 N–H and O–H groups in total. The second-order valence-electron chi connectivity index (χ2n) is 4.60. The molecule has 0 fully saturated rings. The standard InChI is InChI=1S/C17H16N2O2/c1-13(15-7-3-2-4-8-15)21-12-17(20)19-16-9-5-6-14(10-16)11-18/h2-10,13H,12H2,1H3,(H,19,20). The Morgan fingerprint density at radius 1 is 1.24 bits per heavy atom. The summed E-state index contributed by atoms with van der Waals surface area (Å²) >= 11 is 0. The fourth-order valence-electron chi connectivity index (χ4n) is 1.88. The largest absolute Gasteiger partial charge is 0.364 e. The summed E-state index contributed by atoms with van der Waals surface area (Å²) in [6.45, 7) is 1.87. The number of hydrogen-bond donors (Lipinski definition) is 1. The van der Waals surface area contributed by atoms with Gasteiger partial charge in [-0.15, -0.1) is 0 Å². The van der Waals surface area contributed by atoms with Gasteiger partial charge in [0.2, 0.25) is 5.91 Å². The third-order valence-corrected chi connectivity index (χ3v) is 3.01. The topological polar surface area (TPSA) is 62.1 Å². The van der Waals surface area contributed by atoms with E-state index in [0.29, 0.717) is 11.3 Å². The summed E-state index contributed by atoms with van der Waals surface area (Å²) in [6.07, 6.45) is -0.151. The van der Waals surface area contributed by atoms with Gasteiger partial charge in [-0.05, 0) is 30.7 Å². The number of anilines is 1. The number of rotatable bonds is 5. The maximum atomic E-state index is 11.8. The predicted octanol–water partition coefficient (Wildman–Crippen LogP) is 3.27. The van der Waals surface area contributed by atoms with E-state index in [1.165, 1.54) is 0 Å². The highest BCUT2D eigenvalue weighted by Crippen LogP contribution is 2.16. The van der Waals surface area contributed by atoms with Gasteiger partial charge in [-0.3, -0.25) is 4.79 Å². The lowest BCUT2D eigenvalue weighted by Crippen LogP contribution is -2.19. The van der Waals surface area contributed by atoms with Crippen molar-refractivity contribution in [3.05, 3.63) is 65.7 Å². The van der Waals surface area contributed by atoms with E-state index in [1.54, 1.807) is 24.3 Å². The van der Waals surface area contributed by atoms with Crippen LogP contribution in [-0.4, -0.2) is 12.5 Å². The molecule has 0 aromatic heterocycles. The van der Waals surface area contributed by atoms with Crippen molar-refractivity contribution in [3.63, 3.8) is 0 Å². The van der Waals surface area contributed by atoms with Crippen LogP contribution in [0, 0.1) is 11.3 Å². The van der Waals surface area contributed by atoms with E-state index in [4.69, 9.17) is 10.00 Å². The fourth-order valence-corrected chi connectivity index (χ4v) is 1.88. The van der Waals surface area contributed by atoms with Crippen molar-refractivity contribution >= 4 is 11.6 Å². The Morgan fingerprint density at radius 3 is 2.71 bits per heavy atom. The average molecular weight is 280 g/mol. The van der Waals surface area contributed by atoms with Gasteiger partial charge in [0.05, 0.1) is 17.7 Å². The normalized spacial score (nSPS) is 11.4. The highest BCUT2D eigenvalue weighted by Gasteiger charge is 2.09. The zero-order valence-corrected chi connectivity index (χ0v) is 11.7. The molecule has 0 heterocycles. The molecule has 2 aromatic carbocycles. The van der Waals surface area contributed by atoms with Crippen LogP contribution in [0.1, 0.15) is 24.2 Å². The minimum Gasteiger partial charge on any atom is -0.364 e. The van der Waals surface area contributed by atoms with E-state index in [1.807, 2.05) is 43.3 Å². The Bertz CT molecular complexity index is 647. The van der Waals surface area contributed by atoms with Gasteiger partial charge in [-0.2, -0.15) is 5.26 Å². The van der Waals surface area contributed by atoms with E-state index in [9.17, 15) is 4.79 Å². The zero-order chi connectivity index (χ0) is 15.1.